The highest BCUT2D eigenvalue weighted by molar-refractivity contribution is 5.92. The zero-order valence-corrected chi connectivity index (χ0v) is 20.0. The van der Waals surface area contributed by atoms with Crippen LogP contribution in [-0.4, -0.2) is 47.8 Å². The molecule has 1 N–H and O–H groups in total. The van der Waals surface area contributed by atoms with Crippen LogP contribution in [0.1, 0.15) is 67.0 Å². The molecule has 8 nitrogen and oxygen atoms in total. The summed E-state index contributed by atoms with van der Waals surface area (Å²) in [6.45, 7) is 8.85. The Morgan fingerprint density at radius 2 is 1.88 bits per heavy atom. The lowest BCUT2D eigenvalue weighted by atomic mass is 9.72. The van der Waals surface area contributed by atoms with E-state index in [2.05, 4.69) is 32.3 Å². The van der Waals surface area contributed by atoms with E-state index in [0.29, 0.717) is 18.9 Å². The van der Waals surface area contributed by atoms with Crippen molar-refractivity contribution in [2.45, 2.75) is 58.6 Å². The molecule has 176 valence electrons. The summed E-state index contributed by atoms with van der Waals surface area (Å²) in [7, 11) is 1.35. The first kappa shape index (κ1) is 23.0. The summed E-state index contributed by atoms with van der Waals surface area (Å²) in [4.78, 5) is 36.0. The number of amides is 1. The molecule has 1 saturated heterocycles. The number of rotatable bonds is 3. The first-order valence-corrected chi connectivity index (χ1v) is 11.4. The van der Waals surface area contributed by atoms with Gasteiger partial charge < -0.3 is 19.7 Å². The van der Waals surface area contributed by atoms with E-state index in [1.165, 1.54) is 12.7 Å². The first-order chi connectivity index (χ1) is 15.6. The molecule has 33 heavy (non-hydrogen) atoms. The van der Waals surface area contributed by atoms with Gasteiger partial charge in [0.1, 0.15) is 5.60 Å². The quantitative estimate of drug-likeness (QED) is 0.704. The molecular weight excluding hydrogens is 420 g/mol. The van der Waals surface area contributed by atoms with Crippen molar-refractivity contribution in [1.82, 2.24) is 15.3 Å². The number of piperidine rings is 1. The molecule has 2 heterocycles. The Labute approximate surface area is 194 Å². The lowest BCUT2D eigenvalue weighted by molar-refractivity contribution is 0.0426. The summed E-state index contributed by atoms with van der Waals surface area (Å²) in [6.07, 6.45) is 3.73. The van der Waals surface area contributed by atoms with Crippen LogP contribution in [0.4, 0.5) is 10.6 Å². The Bertz CT molecular complexity index is 1050. The van der Waals surface area contributed by atoms with E-state index in [-0.39, 0.29) is 17.2 Å². The minimum Gasteiger partial charge on any atom is -0.464 e. The van der Waals surface area contributed by atoms with Crippen LogP contribution in [0.2, 0.25) is 0 Å². The number of benzene rings is 1. The average Bonchev–Trinajstić information content (AvgIpc) is 3.05. The van der Waals surface area contributed by atoms with Crippen molar-refractivity contribution in [2.24, 2.45) is 5.41 Å². The molecule has 1 spiro atoms. The van der Waals surface area contributed by atoms with Gasteiger partial charge in [-0.2, -0.15) is 0 Å². The van der Waals surface area contributed by atoms with Crippen LogP contribution in [0.25, 0.3) is 0 Å². The monoisotopic (exact) mass is 452 g/mol. The molecule has 1 atom stereocenters. The number of hydrogen-bond donors (Lipinski definition) is 1. The summed E-state index contributed by atoms with van der Waals surface area (Å²) in [6, 6.07) is 8.17. The molecule has 0 saturated carbocycles. The molecule has 2 aliphatic rings. The van der Waals surface area contributed by atoms with Crippen LogP contribution in [0.5, 0.6) is 0 Å². The van der Waals surface area contributed by atoms with E-state index in [4.69, 9.17) is 9.47 Å². The van der Waals surface area contributed by atoms with E-state index >= 15 is 0 Å². The second-order valence-corrected chi connectivity index (χ2v) is 9.98. The van der Waals surface area contributed by atoms with E-state index < -0.39 is 17.7 Å². The second kappa shape index (κ2) is 8.65. The van der Waals surface area contributed by atoms with Crippen molar-refractivity contribution in [2.75, 3.05) is 25.1 Å². The minimum absolute atomic E-state index is 0.125. The van der Waals surface area contributed by atoms with Crippen LogP contribution in [-0.2, 0) is 15.9 Å². The van der Waals surface area contributed by atoms with Crippen molar-refractivity contribution < 1.29 is 19.1 Å². The number of esters is 1. The maximum absolute atomic E-state index is 12.7. The summed E-state index contributed by atoms with van der Waals surface area (Å²) >= 11 is 0. The zero-order valence-electron chi connectivity index (χ0n) is 20.0. The van der Waals surface area contributed by atoms with Gasteiger partial charge in [0.05, 0.1) is 18.8 Å². The molecule has 1 aliphatic carbocycles. The fraction of sp³-hybridized carbons (Fsp3) is 0.520. The van der Waals surface area contributed by atoms with Crippen LogP contribution in [0.3, 0.4) is 0 Å². The van der Waals surface area contributed by atoms with Gasteiger partial charge in [0, 0.05) is 24.7 Å². The van der Waals surface area contributed by atoms with Gasteiger partial charge in [-0.05, 0) is 58.1 Å². The number of anilines is 1. The summed E-state index contributed by atoms with van der Waals surface area (Å²) < 4.78 is 10.5. The molecule has 0 bridgehead atoms. The molecule has 0 radical (unpaired) electrons. The van der Waals surface area contributed by atoms with Crippen LogP contribution < -0.4 is 10.2 Å². The smallest absolute Gasteiger partial charge is 0.408 e. The van der Waals surface area contributed by atoms with E-state index in [9.17, 15) is 9.59 Å². The van der Waals surface area contributed by atoms with Gasteiger partial charge in [-0.25, -0.2) is 19.6 Å². The third-order valence-corrected chi connectivity index (χ3v) is 6.49. The maximum Gasteiger partial charge on any atom is 0.408 e. The lowest BCUT2D eigenvalue weighted by Crippen LogP contribution is -2.48. The van der Waals surface area contributed by atoms with Crippen molar-refractivity contribution in [3.8, 4) is 0 Å². The molecular formula is C25H32N4O4. The molecule has 8 heteroatoms. The predicted octanol–water partition coefficient (Wildman–Crippen LogP) is 3.98. The van der Waals surface area contributed by atoms with Crippen LogP contribution >= 0.6 is 0 Å². The van der Waals surface area contributed by atoms with Crippen molar-refractivity contribution in [1.29, 1.82) is 0 Å². The summed E-state index contributed by atoms with van der Waals surface area (Å²) in [5, 5.41) is 3.17. The van der Waals surface area contributed by atoms with Gasteiger partial charge in [-0.3, -0.25) is 0 Å². The number of ether oxygens (including phenoxy) is 2. The number of nitrogens with zero attached hydrogens (tertiary/aromatic N) is 3. The minimum atomic E-state index is -0.563. The Balaban J connectivity index is 1.58. The number of aromatic nitrogens is 2. The number of methoxy groups -OCH3 is 1. The van der Waals surface area contributed by atoms with Gasteiger partial charge in [0.15, 0.2) is 11.5 Å². The molecule has 1 unspecified atom stereocenters. The van der Waals surface area contributed by atoms with Crippen molar-refractivity contribution in [3.05, 3.63) is 53.0 Å². The molecule has 1 aromatic carbocycles. The van der Waals surface area contributed by atoms with Gasteiger partial charge >= 0.3 is 12.1 Å². The highest BCUT2D eigenvalue weighted by Gasteiger charge is 2.49. The van der Waals surface area contributed by atoms with E-state index in [1.807, 2.05) is 39.8 Å². The zero-order chi connectivity index (χ0) is 23.8. The van der Waals surface area contributed by atoms with Crippen molar-refractivity contribution in [3.63, 3.8) is 0 Å². The fourth-order valence-corrected chi connectivity index (χ4v) is 5.00. The maximum atomic E-state index is 12.7. The van der Waals surface area contributed by atoms with Crippen LogP contribution in [0.15, 0.2) is 30.5 Å². The summed E-state index contributed by atoms with van der Waals surface area (Å²) in [5.74, 6) is 0.0689. The Hall–Kier alpha value is -3.16. The van der Waals surface area contributed by atoms with Gasteiger partial charge in [0.2, 0.25) is 0 Å². The normalized spacial score (nSPS) is 19.2. The second-order valence-electron chi connectivity index (χ2n) is 9.98. The van der Waals surface area contributed by atoms with Gasteiger partial charge in [-0.15, -0.1) is 0 Å². The Kier molecular flexibility index (Phi) is 6.03. The van der Waals surface area contributed by atoms with Gasteiger partial charge in [-0.1, -0.05) is 24.3 Å². The van der Waals surface area contributed by atoms with Gasteiger partial charge in [0.25, 0.3) is 0 Å². The number of nitrogens with one attached hydrogen (secondary N) is 1. The molecule has 1 aromatic heterocycles. The number of alkyl carbamates (subject to hydrolysis) is 1. The third-order valence-electron chi connectivity index (χ3n) is 6.49. The fourth-order valence-electron chi connectivity index (χ4n) is 5.00. The standard InChI is InChI=1S/C25H32N4O4/c1-16-15-26-19(22(30)32-5)21(27-16)29-12-10-25(11-13-29)14-17-8-6-7-9-18(17)20(25)28-23(31)33-24(2,3)4/h6-9,15,20H,10-14H2,1-5H3,(H,28,31). The molecule has 1 aliphatic heterocycles. The highest BCUT2D eigenvalue weighted by atomic mass is 16.6. The Morgan fingerprint density at radius 1 is 1.18 bits per heavy atom. The average molecular weight is 453 g/mol. The number of carbonyl (C=O) groups excluding carboxylic acids is 2. The van der Waals surface area contributed by atoms with E-state index in [1.54, 1.807) is 6.20 Å². The number of aryl methyl sites for hydroxylation is 1. The number of hydrogen-bond acceptors (Lipinski definition) is 7. The van der Waals surface area contributed by atoms with E-state index in [0.717, 1.165) is 30.5 Å². The molecule has 2 aromatic rings. The SMILES string of the molecule is COC(=O)c1ncc(C)nc1N1CCC2(CC1)Cc1ccccc1C2NC(=O)OC(C)(C)C. The molecule has 1 amide bonds. The molecule has 4 rings (SSSR count). The third kappa shape index (κ3) is 4.65. The summed E-state index contributed by atoms with van der Waals surface area (Å²) in [5.41, 5.74) is 2.71. The van der Waals surface area contributed by atoms with Crippen LogP contribution in [0, 0.1) is 12.3 Å². The number of carbonyl (C=O) groups is 2. The lowest BCUT2D eigenvalue weighted by Gasteiger charge is -2.44. The topological polar surface area (TPSA) is 93.6 Å². The first-order valence-electron chi connectivity index (χ1n) is 11.4. The Morgan fingerprint density at radius 3 is 2.55 bits per heavy atom. The molecule has 1 fully saturated rings. The predicted molar refractivity (Wildman–Crippen MR) is 124 cm³/mol. The highest BCUT2D eigenvalue weighted by Crippen LogP contribution is 2.52. The number of fused-ring (bicyclic) bond motifs is 1. The largest absolute Gasteiger partial charge is 0.464 e. The van der Waals surface area contributed by atoms with Crippen molar-refractivity contribution >= 4 is 17.9 Å².